The van der Waals surface area contributed by atoms with Crippen LogP contribution >= 0.6 is 0 Å². The zero-order chi connectivity index (χ0) is 17.8. The second-order valence-electron chi connectivity index (χ2n) is 5.34. The van der Waals surface area contributed by atoms with E-state index in [2.05, 4.69) is 12.1 Å². The van der Waals surface area contributed by atoms with Crippen molar-refractivity contribution in [2.24, 2.45) is 11.5 Å². The van der Waals surface area contributed by atoms with Crippen LogP contribution in [0.2, 0.25) is 0 Å². The Hall–Kier alpha value is -2.50. The van der Waals surface area contributed by atoms with Gasteiger partial charge in [-0.15, -0.1) is 0 Å². The summed E-state index contributed by atoms with van der Waals surface area (Å²) in [6.45, 7) is 0.604. The molecule has 5 heteroatoms. The first-order valence-electron chi connectivity index (χ1n) is 7.87. The number of carboxylic acid groups (broad SMARTS) is 1. The standard InChI is InChI=1S/C13H10O.C6H14N2O2/c14-10-11-6-8-13(9-7-11)12-4-2-1-3-5-12;7-4-2-1-3-5(8)6(9)10/h1-10H;5H,1-4,7-8H2,(H,9,10)/t;5-/m.0/s1. The van der Waals surface area contributed by atoms with E-state index < -0.39 is 12.0 Å². The summed E-state index contributed by atoms with van der Waals surface area (Å²) in [5.41, 5.74) is 13.4. The summed E-state index contributed by atoms with van der Waals surface area (Å²) < 4.78 is 0. The summed E-state index contributed by atoms with van der Waals surface area (Å²) in [6.07, 6.45) is 3.02. The molecule has 0 fully saturated rings. The van der Waals surface area contributed by atoms with Gasteiger partial charge in [0.15, 0.2) is 0 Å². The van der Waals surface area contributed by atoms with E-state index in [9.17, 15) is 9.59 Å². The Morgan fingerprint density at radius 1 is 1.00 bits per heavy atom. The molecule has 0 aliphatic rings. The Morgan fingerprint density at radius 2 is 1.58 bits per heavy atom. The number of carboxylic acids is 1. The Balaban J connectivity index is 0.000000257. The predicted octanol–water partition coefficient (Wildman–Crippen LogP) is 2.69. The van der Waals surface area contributed by atoms with Crippen LogP contribution in [0, 0.1) is 0 Å². The van der Waals surface area contributed by atoms with Crippen LogP contribution < -0.4 is 11.5 Å². The molecular formula is C19H24N2O3. The Bertz CT molecular complexity index is 612. The topological polar surface area (TPSA) is 106 Å². The van der Waals surface area contributed by atoms with E-state index in [1.54, 1.807) is 0 Å². The third kappa shape index (κ3) is 7.17. The van der Waals surface area contributed by atoms with Crippen LogP contribution in [0.1, 0.15) is 29.6 Å². The van der Waals surface area contributed by atoms with E-state index in [-0.39, 0.29) is 0 Å². The Kier molecular flexibility index (Phi) is 9.04. The predicted molar refractivity (Wildman–Crippen MR) is 95.8 cm³/mol. The van der Waals surface area contributed by atoms with Crippen LogP contribution in [0.15, 0.2) is 54.6 Å². The molecule has 0 aromatic heterocycles. The molecule has 0 bridgehead atoms. The largest absolute Gasteiger partial charge is 0.480 e. The van der Waals surface area contributed by atoms with E-state index in [0.29, 0.717) is 18.5 Å². The van der Waals surface area contributed by atoms with Crippen molar-refractivity contribution in [2.75, 3.05) is 6.54 Å². The SMILES string of the molecule is NCCCC[C@H](N)C(=O)O.O=Cc1ccc(-c2ccccc2)cc1. The minimum absolute atomic E-state index is 0.520. The van der Waals surface area contributed by atoms with Crippen molar-refractivity contribution >= 4 is 12.3 Å². The summed E-state index contributed by atoms with van der Waals surface area (Å²) in [4.78, 5) is 20.6. The number of rotatable bonds is 7. The molecular weight excluding hydrogens is 304 g/mol. The van der Waals surface area contributed by atoms with E-state index >= 15 is 0 Å². The molecule has 0 amide bonds. The van der Waals surface area contributed by atoms with Gasteiger partial charge in [-0.3, -0.25) is 9.59 Å². The van der Waals surface area contributed by atoms with E-state index in [0.717, 1.165) is 24.7 Å². The van der Waals surface area contributed by atoms with Gasteiger partial charge in [0.2, 0.25) is 0 Å². The van der Waals surface area contributed by atoms with Gasteiger partial charge in [0.25, 0.3) is 0 Å². The molecule has 5 N–H and O–H groups in total. The van der Waals surface area contributed by atoms with Gasteiger partial charge < -0.3 is 16.6 Å². The Morgan fingerprint density at radius 3 is 2.08 bits per heavy atom. The average molecular weight is 328 g/mol. The van der Waals surface area contributed by atoms with Gasteiger partial charge in [-0.1, -0.05) is 61.0 Å². The lowest BCUT2D eigenvalue weighted by Crippen LogP contribution is -2.29. The maximum Gasteiger partial charge on any atom is 0.320 e. The van der Waals surface area contributed by atoms with Crippen molar-refractivity contribution < 1.29 is 14.7 Å². The van der Waals surface area contributed by atoms with Crippen LogP contribution in [0.3, 0.4) is 0 Å². The fourth-order valence-electron chi connectivity index (χ4n) is 2.02. The van der Waals surface area contributed by atoms with Crippen LogP contribution in [0.4, 0.5) is 0 Å². The quantitative estimate of drug-likeness (QED) is 0.535. The number of aliphatic carboxylic acids is 1. The first-order valence-corrected chi connectivity index (χ1v) is 7.87. The van der Waals surface area contributed by atoms with Crippen molar-refractivity contribution in [3.63, 3.8) is 0 Å². The number of hydrogen-bond donors (Lipinski definition) is 3. The number of hydrogen-bond acceptors (Lipinski definition) is 4. The number of benzene rings is 2. The fraction of sp³-hybridized carbons (Fsp3) is 0.263. The van der Waals surface area contributed by atoms with Gasteiger partial charge in [-0.2, -0.15) is 0 Å². The molecule has 0 saturated heterocycles. The first kappa shape index (κ1) is 19.5. The number of carbonyl (C=O) groups excluding carboxylic acids is 1. The van der Waals surface area contributed by atoms with E-state index in [4.69, 9.17) is 16.6 Å². The van der Waals surface area contributed by atoms with Gasteiger partial charge in [-0.05, 0) is 30.5 Å². The summed E-state index contributed by atoms with van der Waals surface area (Å²) in [5, 5.41) is 8.33. The molecule has 0 aliphatic carbocycles. The molecule has 24 heavy (non-hydrogen) atoms. The normalized spacial score (nSPS) is 11.1. The molecule has 0 heterocycles. The molecule has 0 radical (unpaired) electrons. The summed E-state index contributed by atoms with van der Waals surface area (Å²) >= 11 is 0. The minimum atomic E-state index is -0.933. The minimum Gasteiger partial charge on any atom is -0.480 e. The smallest absolute Gasteiger partial charge is 0.320 e. The lowest BCUT2D eigenvalue weighted by Gasteiger charge is -2.03. The second kappa shape index (κ2) is 11.1. The summed E-state index contributed by atoms with van der Waals surface area (Å²) in [7, 11) is 0. The third-order valence-electron chi connectivity index (χ3n) is 3.44. The highest BCUT2D eigenvalue weighted by Crippen LogP contribution is 2.18. The third-order valence-corrected chi connectivity index (χ3v) is 3.44. The van der Waals surface area contributed by atoms with Gasteiger partial charge in [-0.25, -0.2) is 0 Å². The number of carbonyl (C=O) groups is 2. The van der Waals surface area contributed by atoms with Gasteiger partial charge in [0, 0.05) is 5.56 Å². The van der Waals surface area contributed by atoms with Crippen LogP contribution in [-0.2, 0) is 4.79 Å². The molecule has 1 atom stereocenters. The van der Waals surface area contributed by atoms with Gasteiger partial charge in [0.05, 0.1) is 0 Å². The summed E-state index contributed by atoms with van der Waals surface area (Å²) in [6, 6.07) is 17.0. The van der Waals surface area contributed by atoms with Crippen LogP contribution in [-0.4, -0.2) is 29.9 Å². The number of aldehydes is 1. The lowest BCUT2D eigenvalue weighted by atomic mass is 10.0. The highest BCUT2D eigenvalue weighted by atomic mass is 16.4. The highest BCUT2D eigenvalue weighted by Gasteiger charge is 2.09. The molecule has 0 aliphatic heterocycles. The van der Waals surface area contributed by atoms with Crippen molar-refractivity contribution in [3.8, 4) is 11.1 Å². The summed E-state index contributed by atoms with van der Waals surface area (Å²) in [5.74, 6) is -0.933. The maximum atomic E-state index is 10.5. The monoisotopic (exact) mass is 328 g/mol. The molecule has 2 aromatic carbocycles. The van der Waals surface area contributed by atoms with Crippen molar-refractivity contribution in [1.29, 1.82) is 0 Å². The van der Waals surface area contributed by atoms with E-state index in [1.165, 1.54) is 5.56 Å². The highest BCUT2D eigenvalue weighted by molar-refractivity contribution is 5.76. The zero-order valence-electron chi connectivity index (χ0n) is 13.6. The zero-order valence-corrected chi connectivity index (χ0v) is 13.6. The first-order chi connectivity index (χ1) is 11.6. The lowest BCUT2D eigenvalue weighted by molar-refractivity contribution is -0.138. The van der Waals surface area contributed by atoms with Gasteiger partial charge in [0.1, 0.15) is 12.3 Å². The number of nitrogens with two attached hydrogens (primary N) is 2. The fourth-order valence-corrected chi connectivity index (χ4v) is 2.02. The molecule has 2 aromatic rings. The van der Waals surface area contributed by atoms with Crippen molar-refractivity contribution in [1.82, 2.24) is 0 Å². The van der Waals surface area contributed by atoms with Crippen LogP contribution in [0.5, 0.6) is 0 Å². The van der Waals surface area contributed by atoms with E-state index in [1.807, 2.05) is 42.5 Å². The molecule has 128 valence electrons. The molecule has 5 nitrogen and oxygen atoms in total. The molecule has 2 rings (SSSR count). The van der Waals surface area contributed by atoms with Gasteiger partial charge >= 0.3 is 5.97 Å². The molecule has 0 saturated carbocycles. The maximum absolute atomic E-state index is 10.5. The molecule has 0 unspecified atom stereocenters. The van der Waals surface area contributed by atoms with Crippen LogP contribution in [0.25, 0.3) is 11.1 Å². The average Bonchev–Trinajstić information content (AvgIpc) is 2.63. The number of unbranched alkanes of at least 4 members (excludes halogenated alkanes) is 1. The van der Waals surface area contributed by atoms with Crippen molar-refractivity contribution in [2.45, 2.75) is 25.3 Å². The molecule has 0 spiro atoms. The Labute approximate surface area is 142 Å². The van der Waals surface area contributed by atoms with Crippen molar-refractivity contribution in [3.05, 3.63) is 60.2 Å². The second-order valence-corrected chi connectivity index (χ2v) is 5.34.